The number of fused-ring (bicyclic) bond motifs is 1. The topological polar surface area (TPSA) is 82.6 Å². The summed E-state index contributed by atoms with van der Waals surface area (Å²) in [5.74, 6) is 0. The summed E-state index contributed by atoms with van der Waals surface area (Å²) in [6.07, 6.45) is 2.88. The maximum absolute atomic E-state index is 12.6. The van der Waals surface area contributed by atoms with Crippen LogP contribution in [0.2, 0.25) is 0 Å². The van der Waals surface area contributed by atoms with E-state index in [2.05, 4.69) is 10.3 Å². The van der Waals surface area contributed by atoms with Gasteiger partial charge in [0.2, 0.25) is 10.0 Å². The highest BCUT2D eigenvalue weighted by Crippen LogP contribution is 2.20. The van der Waals surface area contributed by atoms with Crippen LogP contribution in [0.15, 0.2) is 71.9 Å². The van der Waals surface area contributed by atoms with E-state index < -0.39 is 10.0 Å². The van der Waals surface area contributed by atoms with Gasteiger partial charge >= 0.3 is 6.03 Å². The van der Waals surface area contributed by atoms with Crippen LogP contribution in [0.1, 0.15) is 0 Å². The molecule has 1 aromatic heterocycles. The number of benzene rings is 2. The van der Waals surface area contributed by atoms with Crippen LogP contribution in [0.25, 0.3) is 10.8 Å². The maximum Gasteiger partial charge on any atom is 0.321 e. The lowest BCUT2D eigenvalue weighted by atomic mass is 10.1. The quantitative estimate of drug-likeness (QED) is 0.738. The van der Waals surface area contributed by atoms with Crippen molar-refractivity contribution in [2.45, 2.75) is 4.90 Å². The van der Waals surface area contributed by atoms with Gasteiger partial charge in [-0.2, -0.15) is 4.31 Å². The van der Waals surface area contributed by atoms with Gasteiger partial charge < -0.3 is 10.2 Å². The lowest BCUT2D eigenvalue weighted by Crippen LogP contribution is -2.51. The number of hydrogen-bond acceptors (Lipinski definition) is 4. The molecule has 0 spiro atoms. The van der Waals surface area contributed by atoms with Crippen molar-refractivity contribution in [2.75, 3.05) is 31.5 Å². The molecule has 4 rings (SSSR count). The van der Waals surface area contributed by atoms with Gasteiger partial charge in [-0.3, -0.25) is 4.98 Å². The molecule has 0 aliphatic carbocycles. The number of piperazine rings is 1. The van der Waals surface area contributed by atoms with E-state index in [0.717, 1.165) is 10.8 Å². The molecule has 144 valence electrons. The van der Waals surface area contributed by atoms with Crippen LogP contribution in [0.4, 0.5) is 10.5 Å². The van der Waals surface area contributed by atoms with Crippen LogP contribution in [0, 0.1) is 0 Å². The van der Waals surface area contributed by atoms with E-state index in [0.29, 0.717) is 18.8 Å². The summed E-state index contributed by atoms with van der Waals surface area (Å²) in [4.78, 5) is 18.2. The zero-order chi connectivity index (χ0) is 19.6. The van der Waals surface area contributed by atoms with Gasteiger partial charge in [0, 0.05) is 44.3 Å². The van der Waals surface area contributed by atoms with E-state index in [-0.39, 0.29) is 24.0 Å². The first kappa shape index (κ1) is 18.4. The summed E-state index contributed by atoms with van der Waals surface area (Å²) < 4.78 is 26.7. The number of carbonyl (C=O) groups excluding carboxylic acids is 1. The molecule has 1 aliphatic heterocycles. The minimum atomic E-state index is -3.58. The Hall–Kier alpha value is -2.97. The molecule has 2 amide bonds. The highest BCUT2D eigenvalue weighted by Gasteiger charge is 2.30. The molecule has 8 heteroatoms. The van der Waals surface area contributed by atoms with Crippen molar-refractivity contribution in [3.05, 3.63) is 67.0 Å². The van der Waals surface area contributed by atoms with Gasteiger partial charge in [-0.25, -0.2) is 13.2 Å². The molecular formula is C20H20N4O3S. The average Bonchev–Trinajstić information content (AvgIpc) is 2.74. The minimum absolute atomic E-state index is 0.170. The first-order valence-electron chi connectivity index (χ1n) is 8.99. The second kappa shape index (κ2) is 7.57. The standard InChI is InChI=1S/C20H20N4O3S/c25-20(22-18-8-7-16-4-1-2-5-17(16)14-18)23-10-12-24(13-11-23)28(26,27)19-6-3-9-21-15-19/h1-9,14-15H,10-13H2,(H,22,25). The van der Waals surface area contributed by atoms with Gasteiger partial charge in [0.05, 0.1) is 0 Å². The molecular weight excluding hydrogens is 376 g/mol. The lowest BCUT2D eigenvalue weighted by molar-refractivity contribution is 0.184. The maximum atomic E-state index is 12.6. The van der Waals surface area contributed by atoms with Crippen LogP contribution in [-0.4, -0.2) is 54.8 Å². The normalized spacial score (nSPS) is 15.5. The number of pyridine rings is 1. The van der Waals surface area contributed by atoms with Gasteiger partial charge in [-0.1, -0.05) is 30.3 Å². The first-order valence-corrected chi connectivity index (χ1v) is 10.4. The number of aromatic nitrogens is 1. The highest BCUT2D eigenvalue weighted by molar-refractivity contribution is 7.89. The SMILES string of the molecule is O=C(Nc1ccc2ccccc2c1)N1CCN(S(=O)(=O)c2cccnc2)CC1. The van der Waals surface area contributed by atoms with Gasteiger partial charge in [0.1, 0.15) is 4.90 Å². The summed E-state index contributed by atoms with van der Waals surface area (Å²) in [7, 11) is -3.58. The third kappa shape index (κ3) is 3.69. The van der Waals surface area contributed by atoms with Crippen molar-refractivity contribution in [3.8, 4) is 0 Å². The van der Waals surface area contributed by atoms with Gasteiger partial charge in [0.15, 0.2) is 0 Å². The van der Waals surface area contributed by atoms with Crippen molar-refractivity contribution in [2.24, 2.45) is 0 Å². The summed E-state index contributed by atoms with van der Waals surface area (Å²) in [5.41, 5.74) is 0.717. The van der Waals surface area contributed by atoms with Crippen LogP contribution in [0.3, 0.4) is 0 Å². The van der Waals surface area contributed by atoms with Crippen molar-refractivity contribution in [3.63, 3.8) is 0 Å². The zero-order valence-corrected chi connectivity index (χ0v) is 16.0. The Bertz CT molecular complexity index is 1090. The molecule has 0 radical (unpaired) electrons. The fourth-order valence-electron chi connectivity index (χ4n) is 3.25. The van der Waals surface area contributed by atoms with Crippen molar-refractivity contribution >= 4 is 32.5 Å². The van der Waals surface area contributed by atoms with E-state index in [1.807, 2.05) is 42.5 Å². The van der Waals surface area contributed by atoms with Gasteiger partial charge in [-0.15, -0.1) is 0 Å². The Kier molecular flexibility index (Phi) is 4.97. The predicted octanol–water partition coefficient (Wildman–Crippen LogP) is 2.77. The van der Waals surface area contributed by atoms with Gasteiger partial charge in [-0.05, 0) is 35.0 Å². The Morgan fingerprint density at radius 3 is 2.39 bits per heavy atom. The second-order valence-corrected chi connectivity index (χ2v) is 8.51. The molecule has 2 aromatic carbocycles. The van der Waals surface area contributed by atoms with E-state index in [4.69, 9.17) is 0 Å². The number of sulfonamides is 1. The number of rotatable bonds is 3. The van der Waals surface area contributed by atoms with E-state index >= 15 is 0 Å². The third-order valence-electron chi connectivity index (χ3n) is 4.80. The number of nitrogens with zero attached hydrogens (tertiary/aromatic N) is 3. The number of urea groups is 1. The van der Waals surface area contributed by atoms with Crippen molar-refractivity contribution in [1.29, 1.82) is 0 Å². The number of anilines is 1. The number of nitrogens with one attached hydrogen (secondary N) is 1. The van der Waals surface area contributed by atoms with E-state index in [1.54, 1.807) is 11.0 Å². The Morgan fingerprint density at radius 1 is 0.929 bits per heavy atom. The smallest absolute Gasteiger partial charge is 0.321 e. The molecule has 1 aliphatic rings. The molecule has 0 unspecified atom stereocenters. The molecule has 2 heterocycles. The summed E-state index contributed by atoms with van der Waals surface area (Å²) in [5, 5.41) is 5.05. The largest absolute Gasteiger partial charge is 0.322 e. The number of hydrogen-bond donors (Lipinski definition) is 1. The molecule has 7 nitrogen and oxygen atoms in total. The van der Waals surface area contributed by atoms with E-state index in [9.17, 15) is 13.2 Å². The van der Waals surface area contributed by atoms with Crippen LogP contribution in [0.5, 0.6) is 0 Å². The molecule has 3 aromatic rings. The molecule has 1 N–H and O–H groups in total. The Morgan fingerprint density at radius 2 is 1.68 bits per heavy atom. The van der Waals surface area contributed by atoms with Gasteiger partial charge in [0.25, 0.3) is 0 Å². The Balaban J connectivity index is 1.39. The monoisotopic (exact) mass is 396 g/mol. The van der Waals surface area contributed by atoms with Crippen molar-refractivity contribution < 1.29 is 13.2 Å². The van der Waals surface area contributed by atoms with E-state index in [1.165, 1.54) is 22.8 Å². The van der Waals surface area contributed by atoms with Crippen LogP contribution in [-0.2, 0) is 10.0 Å². The second-order valence-electron chi connectivity index (χ2n) is 6.57. The fourth-order valence-corrected chi connectivity index (χ4v) is 4.64. The lowest BCUT2D eigenvalue weighted by Gasteiger charge is -2.33. The Labute approximate surface area is 163 Å². The summed E-state index contributed by atoms with van der Waals surface area (Å²) in [6, 6.07) is 16.6. The number of amides is 2. The molecule has 1 fully saturated rings. The van der Waals surface area contributed by atoms with Crippen LogP contribution < -0.4 is 5.32 Å². The molecule has 0 atom stereocenters. The third-order valence-corrected chi connectivity index (χ3v) is 6.68. The summed E-state index contributed by atoms with van der Waals surface area (Å²) in [6.45, 7) is 1.17. The van der Waals surface area contributed by atoms with Crippen LogP contribution >= 0.6 is 0 Å². The highest BCUT2D eigenvalue weighted by atomic mass is 32.2. The predicted molar refractivity (Wildman–Crippen MR) is 108 cm³/mol. The van der Waals surface area contributed by atoms with Crippen molar-refractivity contribution in [1.82, 2.24) is 14.2 Å². The molecule has 1 saturated heterocycles. The molecule has 28 heavy (non-hydrogen) atoms. The molecule has 0 saturated carbocycles. The average molecular weight is 396 g/mol. The molecule has 0 bridgehead atoms. The minimum Gasteiger partial charge on any atom is -0.322 e. The summed E-state index contributed by atoms with van der Waals surface area (Å²) >= 11 is 0. The fraction of sp³-hybridized carbons (Fsp3) is 0.200. The zero-order valence-electron chi connectivity index (χ0n) is 15.2. The first-order chi connectivity index (χ1) is 13.5. The number of carbonyl (C=O) groups is 1.